The second kappa shape index (κ2) is 21.2. The van der Waals surface area contributed by atoms with Gasteiger partial charge in [-0.15, -0.1) is 0 Å². The Kier molecular flexibility index (Phi) is 17.8. The molecule has 0 spiro atoms. The smallest absolute Gasteiger partial charge is 0.545 e. The van der Waals surface area contributed by atoms with Crippen molar-refractivity contribution in [2.75, 3.05) is 0 Å². The molecule has 8 aromatic rings. The SMILES string of the molecule is O.O.O=C([O-])c1ccccc1I.O=C([O-])c1ccccc1I.[Pb+2].c1cnc2c(c1)ccc1cccnc12.c1cnc2c(c1)ccc1cccnc12. The molecule has 0 aliphatic rings. The van der Waals surface area contributed by atoms with Gasteiger partial charge in [-0.3, -0.25) is 19.9 Å². The molecule has 10 nitrogen and oxygen atoms in total. The van der Waals surface area contributed by atoms with Crippen LogP contribution in [0.4, 0.5) is 0 Å². The van der Waals surface area contributed by atoms with Gasteiger partial charge in [0, 0.05) is 64.6 Å². The third kappa shape index (κ3) is 11.4. The maximum atomic E-state index is 10.3. The third-order valence-electron chi connectivity index (χ3n) is 6.88. The summed E-state index contributed by atoms with van der Waals surface area (Å²) in [5.41, 5.74) is 4.42. The molecule has 2 radical (unpaired) electrons. The van der Waals surface area contributed by atoms with Gasteiger partial charge >= 0.3 is 27.3 Å². The number of carboxylic acid groups (broad SMARTS) is 2. The number of carboxylic acids is 2. The molecule has 0 aliphatic heterocycles. The first-order chi connectivity index (χ1) is 23.3. The molecule has 0 atom stereocenters. The maximum Gasteiger partial charge on any atom is 2.00 e. The van der Waals surface area contributed by atoms with Gasteiger partial charge in [0.25, 0.3) is 0 Å². The van der Waals surface area contributed by atoms with Gasteiger partial charge < -0.3 is 30.8 Å². The molecule has 0 aliphatic carbocycles. The Morgan fingerprint density at radius 3 is 0.882 bits per heavy atom. The average molecular weight is 1100 g/mol. The van der Waals surface area contributed by atoms with Crippen LogP contribution in [0.1, 0.15) is 20.7 Å². The van der Waals surface area contributed by atoms with E-state index in [9.17, 15) is 19.8 Å². The van der Waals surface area contributed by atoms with Crippen LogP contribution in [0.25, 0.3) is 43.6 Å². The number of carbonyl (C=O) groups is 2. The fourth-order valence-electron chi connectivity index (χ4n) is 4.61. The number of nitrogens with zero attached hydrogens (tertiary/aromatic N) is 4. The van der Waals surface area contributed by atoms with Crippen LogP contribution in [-0.4, -0.2) is 70.1 Å². The quantitative estimate of drug-likeness (QED) is 0.133. The van der Waals surface area contributed by atoms with Gasteiger partial charge in [0.1, 0.15) is 0 Å². The van der Waals surface area contributed by atoms with Crippen molar-refractivity contribution in [2.24, 2.45) is 0 Å². The van der Waals surface area contributed by atoms with E-state index < -0.39 is 11.9 Å². The van der Waals surface area contributed by atoms with E-state index in [4.69, 9.17) is 0 Å². The zero-order chi connectivity index (χ0) is 33.9. The first-order valence-electron chi connectivity index (χ1n) is 14.4. The van der Waals surface area contributed by atoms with E-state index in [1.165, 1.54) is 12.1 Å². The van der Waals surface area contributed by atoms with Gasteiger partial charge in [-0.25, -0.2) is 0 Å². The third-order valence-corrected chi connectivity index (χ3v) is 8.76. The molecule has 8 rings (SSSR count). The topological polar surface area (TPSA) is 195 Å². The minimum absolute atomic E-state index is 0. The molecular formula is C38H28I2N4O6Pb. The molecule has 4 aromatic carbocycles. The minimum Gasteiger partial charge on any atom is -0.545 e. The van der Waals surface area contributed by atoms with Crippen LogP contribution in [0.3, 0.4) is 0 Å². The van der Waals surface area contributed by atoms with Gasteiger partial charge in [-0.1, -0.05) is 84.9 Å². The predicted octanol–water partition coefficient (Wildman–Crippen LogP) is 4.85. The van der Waals surface area contributed by atoms with Crippen molar-refractivity contribution in [2.45, 2.75) is 0 Å². The number of hydrogen-bond acceptors (Lipinski definition) is 8. The van der Waals surface area contributed by atoms with Gasteiger partial charge in [0.15, 0.2) is 0 Å². The summed E-state index contributed by atoms with van der Waals surface area (Å²) in [6.45, 7) is 0. The summed E-state index contributed by atoms with van der Waals surface area (Å²) in [4.78, 5) is 38.0. The molecule has 0 amide bonds. The summed E-state index contributed by atoms with van der Waals surface area (Å²) in [5, 5.41) is 25.2. The first kappa shape index (κ1) is 42.9. The molecule has 0 saturated carbocycles. The number of rotatable bonds is 2. The first-order valence-corrected chi connectivity index (χ1v) is 16.6. The summed E-state index contributed by atoms with van der Waals surface area (Å²) in [6.07, 6.45) is 7.21. The van der Waals surface area contributed by atoms with Crippen molar-refractivity contribution in [3.05, 3.63) is 164 Å². The minimum atomic E-state index is -1.12. The molecular weight excluding hydrogens is 1070 g/mol. The Hall–Kier alpha value is -4.24. The number of pyridine rings is 4. The predicted molar refractivity (Wildman–Crippen MR) is 214 cm³/mol. The van der Waals surface area contributed by atoms with Crippen LogP contribution in [0.2, 0.25) is 0 Å². The van der Waals surface area contributed by atoms with Crippen LogP contribution >= 0.6 is 45.2 Å². The average Bonchev–Trinajstić information content (AvgIpc) is 3.12. The van der Waals surface area contributed by atoms with Crippen molar-refractivity contribution in [3.63, 3.8) is 0 Å². The molecule has 0 fully saturated rings. The van der Waals surface area contributed by atoms with Gasteiger partial charge in [-0.05, 0) is 81.6 Å². The number of aromatic nitrogens is 4. The zero-order valence-corrected chi connectivity index (χ0v) is 34.7. The van der Waals surface area contributed by atoms with Crippen molar-refractivity contribution in [3.8, 4) is 0 Å². The second-order valence-electron chi connectivity index (χ2n) is 9.97. The standard InChI is InChI=1S/2C12H8N2.2C7H5IO2.2H2O.Pb/c2*1-3-9-5-6-10-4-2-8-14-12(10)11(9)13-7-1;2*8-6-4-2-1-3-5(6)7(9)10;;;/h2*1-8H;2*1-4H,(H,9,10);2*1H2;/q;;;;;;+2/p-2. The maximum absolute atomic E-state index is 10.3. The summed E-state index contributed by atoms with van der Waals surface area (Å²) in [7, 11) is 0. The monoisotopic (exact) mass is 1100 g/mol. The molecule has 51 heavy (non-hydrogen) atoms. The number of halogens is 2. The van der Waals surface area contributed by atoms with E-state index in [0.29, 0.717) is 7.14 Å². The van der Waals surface area contributed by atoms with Gasteiger partial charge in [0.2, 0.25) is 0 Å². The second-order valence-corrected chi connectivity index (χ2v) is 12.3. The number of aromatic carboxylic acids is 2. The fourth-order valence-corrected chi connectivity index (χ4v) is 5.83. The Balaban J connectivity index is 0.000000234. The number of fused-ring (bicyclic) bond motifs is 6. The molecule has 0 saturated heterocycles. The van der Waals surface area contributed by atoms with Gasteiger partial charge in [0.05, 0.1) is 34.0 Å². The summed E-state index contributed by atoms with van der Waals surface area (Å²) in [6, 6.07) is 37.7. The van der Waals surface area contributed by atoms with E-state index in [-0.39, 0.29) is 49.4 Å². The molecule has 0 unspecified atom stereocenters. The normalized spacial score (nSPS) is 9.61. The summed E-state index contributed by atoms with van der Waals surface area (Å²) < 4.78 is 1.42. The van der Waals surface area contributed by atoms with E-state index >= 15 is 0 Å². The Morgan fingerprint density at radius 1 is 0.412 bits per heavy atom. The molecule has 13 heteroatoms. The summed E-state index contributed by atoms with van der Waals surface area (Å²) >= 11 is 3.91. The summed E-state index contributed by atoms with van der Waals surface area (Å²) in [5.74, 6) is -2.24. The van der Waals surface area contributed by atoms with Crippen molar-refractivity contribution >= 4 is 128 Å². The number of benzene rings is 4. The molecule has 4 heterocycles. The molecule has 254 valence electrons. The van der Waals surface area contributed by atoms with E-state index in [1.807, 2.05) is 69.4 Å². The van der Waals surface area contributed by atoms with Crippen molar-refractivity contribution < 1.29 is 30.8 Å². The van der Waals surface area contributed by atoms with Crippen LogP contribution in [0, 0.1) is 7.14 Å². The largest absolute Gasteiger partial charge is 2.00 e. The van der Waals surface area contributed by atoms with Crippen LogP contribution < -0.4 is 10.2 Å². The van der Waals surface area contributed by atoms with E-state index in [0.717, 1.165) is 43.6 Å². The van der Waals surface area contributed by atoms with Crippen LogP contribution in [0.5, 0.6) is 0 Å². The number of hydrogen-bond donors (Lipinski definition) is 0. The van der Waals surface area contributed by atoms with E-state index in [1.54, 1.807) is 61.2 Å². The Labute approximate surface area is 340 Å². The Morgan fingerprint density at radius 2 is 0.667 bits per heavy atom. The van der Waals surface area contributed by atoms with Crippen LogP contribution in [-0.2, 0) is 0 Å². The van der Waals surface area contributed by atoms with Crippen molar-refractivity contribution in [1.29, 1.82) is 0 Å². The zero-order valence-electron chi connectivity index (χ0n) is 26.5. The van der Waals surface area contributed by atoms with Gasteiger partial charge in [-0.2, -0.15) is 0 Å². The van der Waals surface area contributed by atoms with E-state index in [2.05, 4.69) is 68.5 Å². The number of carbonyl (C=O) groups excluding carboxylic acids is 2. The molecule has 0 bridgehead atoms. The van der Waals surface area contributed by atoms with Crippen molar-refractivity contribution in [1.82, 2.24) is 19.9 Å². The molecule has 4 N–H and O–H groups in total. The fraction of sp³-hybridized carbons (Fsp3) is 0. The Bertz CT molecular complexity index is 2110. The van der Waals surface area contributed by atoms with Crippen LogP contribution in [0.15, 0.2) is 146 Å². The molecule has 4 aromatic heterocycles.